The van der Waals surface area contributed by atoms with Gasteiger partial charge in [-0.15, -0.1) is 0 Å². The molecule has 0 aromatic heterocycles. The number of carbonyl (C=O) groups is 1. The van der Waals surface area contributed by atoms with Crippen LogP contribution in [0.2, 0.25) is 0 Å². The lowest BCUT2D eigenvalue weighted by molar-refractivity contribution is -0.939. The first-order valence-corrected chi connectivity index (χ1v) is 15.9. The second-order valence-corrected chi connectivity index (χ2v) is 15.6. The topological polar surface area (TPSA) is 26.3 Å². The summed E-state index contributed by atoms with van der Waals surface area (Å²) < 4.78 is 8.85. The van der Waals surface area contributed by atoms with E-state index in [0.29, 0.717) is 11.5 Å². The molecule has 0 unspecified atom stereocenters. The summed E-state index contributed by atoms with van der Waals surface area (Å²) in [5.41, 5.74) is 0.713. The van der Waals surface area contributed by atoms with Gasteiger partial charge in [0.15, 0.2) is 6.10 Å². The molecule has 6 rings (SSSR count). The van der Waals surface area contributed by atoms with Crippen molar-refractivity contribution in [3.8, 4) is 0 Å². The molecule has 4 saturated carbocycles. The lowest BCUT2D eigenvalue weighted by Crippen LogP contribution is -2.61. The van der Waals surface area contributed by atoms with Gasteiger partial charge >= 0.3 is 5.97 Å². The van der Waals surface area contributed by atoms with Gasteiger partial charge in [0.2, 0.25) is 0 Å². The van der Waals surface area contributed by atoms with Gasteiger partial charge in [0, 0.05) is 38.0 Å². The Morgan fingerprint density at radius 3 is 2.08 bits per heavy atom. The highest BCUT2D eigenvalue weighted by Crippen LogP contribution is 2.67. The zero-order valence-electron chi connectivity index (χ0n) is 24.3. The summed E-state index contributed by atoms with van der Waals surface area (Å²) in [6.07, 6.45) is 18.4. The van der Waals surface area contributed by atoms with Crippen molar-refractivity contribution in [2.24, 2.45) is 34.5 Å². The van der Waals surface area contributed by atoms with Crippen molar-refractivity contribution < 1.29 is 18.5 Å². The van der Waals surface area contributed by atoms with E-state index in [2.05, 4.69) is 27.9 Å². The van der Waals surface area contributed by atoms with Crippen LogP contribution in [0.3, 0.4) is 0 Å². The number of likely N-dealkylation sites (tertiary alicyclic amines) is 2. The first-order valence-electron chi connectivity index (χ1n) is 15.9. The first-order chi connectivity index (χ1) is 17.1. The number of esters is 1. The van der Waals surface area contributed by atoms with Crippen LogP contribution in [-0.2, 0) is 9.53 Å². The van der Waals surface area contributed by atoms with Gasteiger partial charge in [-0.3, -0.25) is 4.79 Å². The molecule has 2 heterocycles. The maximum Gasteiger partial charge on any atom is 0.303 e. The lowest BCUT2D eigenvalue weighted by atomic mass is 9.45. The smallest absolute Gasteiger partial charge is 0.303 e. The van der Waals surface area contributed by atoms with Crippen LogP contribution in [-0.4, -0.2) is 73.4 Å². The van der Waals surface area contributed by atoms with Crippen LogP contribution in [0.15, 0.2) is 0 Å². The van der Waals surface area contributed by atoms with Crippen LogP contribution in [0.5, 0.6) is 0 Å². The Balaban J connectivity index is 1.24. The van der Waals surface area contributed by atoms with E-state index in [9.17, 15) is 4.79 Å². The Morgan fingerprint density at radius 1 is 0.750 bits per heavy atom. The maximum absolute atomic E-state index is 12.4. The van der Waals surface area contributed by atoms with E-state index in [1.807, 2.05) is 0 Å². The molecule has 0 spiro atoms. The van der Waals surface area contributed by atoms with Gasteiger partial charge in [-0.05, 0) is 86.9 Å². The number of hydrogen-bond acceptors (Lipinski definition) is 2. The van der Waals surface area contributed by atoms with Crippen molar-refractivity contribution >= 4 is 5.97 Å². The Morgan fingerprint density at radius 2 is 1.39 bits per heavy atom. The van der Waals surface area contributed by atoms with E-state index < -0.39 is 0 Å². The molecule has 6 aliphatic rings. The zero-order chi connectivity index (χ0) is 25.3. The zero-order valence-corrected chi connectivity index (χ0v) is 24.3. The molecule has 0 radical (unpaired) electrons. The molecule has 4 heteroatoms. The van der Waals surface area contributed by atoms with Crippen LogP contribution < -0.4 is 0 Å². The molecule has 0 bridgehead atoms. The molecule has 4 nitrogen and oxygen atoms in total. The van der Waals surface area contributed by atoms with Crippen molar-refractivity contribution in [2.75, 3.05) is 40.3 Å². The molecular formula is C32H56N2O2+2. The van der Waals surface area contributed by atoms with Gasteiger partial charge < -0.3 is 13.7 Å². The third-order valence-electron chi connectivity index (χ3n) is 14.0. The SMILES string of the molecule is CC(=O)O[C@H]1[C@@H]([N+]2(C)CCCC2)C[C@H]2[C@@H]3CC[C@H]4C[C@@H]([N+]5(C)CCCCC5)CC[C@]4(C)[C@H]3CC[C@@]21C. The van der Waals surface area contributed by atoms with E-state index in [0.717, 1.165) is 34.2 Å². The van der Waals surface area contributed by atoms with E-state index >= 15 is 0 Å². The van der Waals surface area contributed by atoms with E-state index in [4.69, 9.17) is 4.74 Å². The molecule has 6 fully saturated rings. The monoisotopic (exact) mass is 500 g/mol. The fourth-order valence-corrected chi connectivity index (χ4v) is 11.7. The van der Waals surface area contributed by atoms with E-state index in [1.54, 1.807) is 6.92 Å². The second-order valence-electron chi connectivity index (χ2n) is 15.6. The Kier molecular flexibility index (Phi) is 6.39. The van der Waals surface area contributed by atoms with E-state index in [1.165, 1.54) is 114 Å². The fraction of sp³-hybridized carbons (Fsp3) is 0.969. The normalized spacial score (nSPS) is 49.5. The largest absolute Gasteiger partial charge is 0.456 e. The van der Waals surface area contributed by atoms with Gasteiger partial charge in [-0.2, -0.15) is 0 Å². The summed E-state index contributed by atoms with van der Waals surface area (Å²) >= 11 is 0. The highest BCUT2D eigenvalue weighted by atomic mass is 16.5. The number of nitrogens with zero attached hydrogens (tertiary/aromatic N) is 2. The average Bonchev–Trinajstić information content (AvgIpc) is 3.41. The molecule has 36 heavy (non-hydrogen) atoms. The summed E-state index contributed by atoms with van der Waals surface area (Å²) in [5.74, 6) is 3.36. The van der Waals surface area contributed by atoms with Crippen LogP contribution >= 0.6 is 0 Å². The van der Waals surface area contributed by atoms with Crippen LogP contribution in [0.25, 0.3) is 0 Å². The Hall–Kier alpha value is -0.610. The van der Waals surface area contributed by atoms with Crippen molar-refractivity contribution in [3.05, 3.63) is 0 Å². The number of hydrogen-bond donors (Lipinski definition) is 0. The fourth-order valence-electron chi connectivity index (χ4n) is 11.7. The summed E-state index contributed by atoms with van der Waals surface area (Å²) in [5, 5.41) is 0. The minimum absolute atomic E-state index is 0.0527. The van der Waals surface area contributed by atoms with Crippen LogP contribution in [0.4, 0.5) is 0 Å². The van der Waals surface area contributed by atoms with Gasteiger partial charge in [0.1, 0.15) is 6.04 Å². The van der Waals surface area contributed by atoms with Crippen molar-refractivity contribution in [3.63, 3.8) is 0 Å². The second kappa shape index (κ2) is 8.97. The van der Waals surface area contributed by atoms with Crippen molar-refractivity contribution in [1.82, 2.24) is 0 Å². The summed E-state index contributed by atoms with van der Waals surface area (Å²) in [6, 6.07) is 1.42. The molecule has 0 amide bonds. The Bertz CT molecular complexity index is 845. The van der Waals surface area contributed by atoms with Crippen LogP contribution in [0, 0.1) is 34.5 Å². The molecule has 0 N–H and O–H groups in total. The summed E-state index contributed by atoms with van der Waals surface area (Å²) in [6.45, 7) is 12.3. The summed E-state index contributed by atoms with van der Waals surface area (Å²) in [7, 11) is 5.08. The van der Waals surface area contributed by atoms with Gasteiger partial charge in [-0.25, -0.2) is 0 Å². The van der Waals surface area contributed by atoms with E-state index in [-0.39, 0.29) is 17.5 Å². The number of rotatable bonds is 3. The van der Waals surface area contributed by atoms with Gasteiger partial charge in [0.05, 0.1) is 46.3 Å². The molecule has 9 atom stereocenters. The lowest BCUT2D eigenvalue weighted by Gasteiger charge is -2.61. The molecule has 4 aliphatic carbocycles. The standard InChI is InChI=1S/C32H56N2O2/c1-23(35)36-30-29(34(5)19-9-10-20-34)22-28-26-12-11-24-21-25(33(4)17-7-6-8-18-33)13-15-31(24,2)27(26)14-16-32(28,30)3/h24-30H,6-22H2,1-5H3/q+2/t24-,25-,26+,27-,28-,29-,30-,31-,32-/m0/s1. The minimum atomic E-state index is -0.0527. The number of fused-ring (bicyclic) bond motifs is 5. The first kappa shape index (κ1) is 25.7. The van der Waals surface area contributed by atoms with Crippen molar-refractivity contribution in [1.29, 1.82) is 0 Å². The number of quaternary nitrogens is 2. The molecule has 0 aromatic carbocycles. The molecule has 2 aliphatic heterocycles. The average molecular weight is 501 g/mol. The number of likely N-dealkylation sites (N-methyl/N-ethyl adjacent to an activating group) is 1. The number of piperidine rings is 1. The third kappa shape index (κ3) is 3.85. The molecule has 204 valence electrons. The predicted molar refractivity (Wildman–Crippen MR) is 145 cm³/mol. The molecule has 2 saturated heterocycles. The number of carbonyl (C=O) groups excluding carboxylic acids is 1. The van der Waals surface area contributed by atoms with Gasteiger partial charge in [-0.1, -0.05) is 13.8 Å². The van der Waals surface area contributed by atoms with Gasteiger partial charge in [0.25, 0.3) is 0 Å². The third-order valence-corrected chi connectivity index (χ3v) is 14.0. The Labute approximate surface area is 221 Å². The highest BCUT2D eigenvalue weighted by Gasteiger charge is 2.67. The summed E-state index contributed by atoms with van der Waals surface area (Å²) in [4.78, 5) is 12.4. The maximum atomic E-state index is 12.4. The number of ether oxygens (including phenoxy) is 1. The predicted octanol–water partition coefficient (Wildman–Crippen LogP) is 6.18. The van der Waals surface area contributed by atoms with Crippen molar-refractivity contribution in [2.45, 2.75) is 122 Å². The van der Waals surface area contributed by atoms with Crippen LogP contribution in [0.1, 0.15) is 104 Å². The molecule has 0 aromatic rings. The quantitative estimate of drug-likeness (QED) is 0.342. The highest BCUT2D eigenvalue weighted by molar-refractivity contribution is 5.66. The minimum Gasteiger partial charge on any atom is -0.456 e. The molecular weight excluding hydrogens is 444 g/mol.